The van der Waals surface area contributed by atoms with Crippen LogP contribution in [0.3, 0.4) is 0 Å². The second-order valence-electron chi connectivity index (χ2n) is 13.9. The van der Waals surface area contributed by atoms with Crippen LogP contribution in [0, 0.1) is 69.1 Å². The minimum Gasteiger partial charge on any atom is -0.525 e. The largest absolute Gasteiger partial charge is 2.00 e. The molecule has 0 N–H and O–H groups in total. The van der Waals surface area contributed by atoms with Crippen LogP contribution in [-0.2, 0) is 37.0 Å². The van der Waals surface area contributed by atoms with E-state index < -0.39 is 37.2 Å². The summed E-state index contributed by atoms with van der Waals surface area (Å²) >= 11 is 0. The molecule has 4 rings (SSSR count). The summed E-state index contributed by atoms with van der Waals surface area (Å²) in [6.07, 6.45) is -13.6. The zero-order valence-corrected chi connectivity index (χ0v) is 37.9. The fourth-order valence-electron chi connectivity index (χ4n) is 7.59. The van der Waals surface area contributed by atoms with Gasteiger partial charge in [0.05, 0.1) is 12.7 Å². The summed E-state index contributed by atoms with van der Waals surface area (Å²) < 4.78 is 132. The summed E-state index contributed by atoms with van der Waals surface area (Å²) in [5, 5.41) is 0. The maximum atomic E-state index is 13.0. The first-order valence-electron chi connectivity index (χ1n) is 16.6. The number of hydrogen-bond donors (Lipinski definition) is 0. The normalized spacial score (nSPS) is 24.9. The average molecular weight is 1170 g/mol. The zero-order chi connectivity index (χ0) is 36.9. The molecule has 3 aliphatic rings. The molecule has 0 aromatic heterocycles. The van der Waals surface area contributed by atoms with Gasteiger partial charge in [-0.2, -0.15) is 45.9 Å². The Hall–Kier alpha value is 0.750. The van der Waals surface area contributed by atoms with Crippen molar-refractivity contribution < 1.29 is 106 Å². The first-order chi connectivity index (χ1) is 22.6. The molecule has 3 nitrogen and oxygen atoms in total. The van der Waals surface area contributed by atoms with Crippen LogP contribution < -0.4 is 4.74 Å². The number of alkyl halides is 9. The van der Waals surface area contributed by atoms with Crippen molar-refractivity contribution in [3.05, 3.63) is 50.1 Å². The second-order valence-corrected chi connectivity index (χ2v) is 17.0. The molecule has 1 aromatic carbocycles. The SMILES string of the molecule is [CH2-]CCCSSC([CH2-])(C)C.[CH2-]COc1ccc2c(c1)CCC1C2CCC2(C)C(OCCCOC(C(F)(F)F)(C(F)(F)F)C(F)(F)F)CCC12.[U+2].[W]. The van der Waals surface area contributed by atoms with Crippen molar-refractivity contribution in [2.45, 2.75) is 119 Å². The molecule has 0 spiro atoms. The maximum absolute atomic E-state index is 13.0. The number of unbranched alkanes of at least 4 members (excludes halogenated alkanes) is 1. The fourth-order valence-corrected chi connectivity index (χ4v) is 9.88. The van der Waals surface area contributed by atoms with Gasteiger partial charge in [0.2, 0.25) is 0 Å². The molecule has 0 amide bonds. The van der Waals surface area contributed by atoms with E-state index in [-0.39, 0.29) is 75.1 Å². The van der Waals surface area contributed by atoms with E-state index in [1.807, 2.05) is 27.7 Å². The van der Waals surface area contributed by atoms with Gasteiger partial charge in [0.15, 0.2) is 0 Å². The van der Waals surface area contributed by atoms with Gasteiger partial charge in [-0.05, 0) is 98.0 Å². The molecule has 2 saturated carbocycles. The van der Waals surface area contributed by atoms with Crippen molar-refractivity contribution in [2.24, 2.45) is 17.3 Å². The standard InChI is InChI=1S/C27H32F9O3.C8H16S2.U.W/c1-3-37-17-6-8-18-16(15-17)5-7-20-19(18)11-12-23(2)21(20)9-10-22(23)38-13-4-14-39-24(25(28,29)30,26(31,32)33)27(34,35)36;1-5-6-7-9-10-8(2,3)4;;/h6,8,15,19-22H,1,3-5,7,9-14H2,2H3;1-2,5-7H2,3-4H3;;/q-1;-2;+2;. The minimum atomic E-state index is -6.73. The first kappa shape index (κ1) is 49.8. The van der Waals surface area contributed by atoms with Crippen LogP contribution in [0.1, 0.15) is 89.2 Å². The molecule has 5 unspecified atom stereocenters. The zero-order valence-electron chi connectivity index (χ0n) is 29.2. The minimum absolute atomic E-state index is 0. The van der Waals surface area contributed by atoms with Gasteiger partial charge in [-0.1, -0.05) is 44.1 Å². The summed E-state index contributed by atoms with van der Waals surface area (Å²) in [7, 11) is 3.75. The molecular weight excluding hydrogens is 1130 g/mol. The number of fused-ring (bicyclic) bond motifs is 5. The molecule has 3 aliphatic carbocycles. The van der Waals surface area contributed by atoms with Gasteiger partial charge in [-0.3, -0.25) is 0 Å². The van der Waals surface area contributed by atoms with E-state index in [9.17, 15) is 39.5 Å². The summed E-state index contributed by atoms with van der Waals surface area (Å²) in [5.74, 6) is 3.12. The van der Waals surface area contributed by atoms with Gasteiger partial charge in [-0.25, -0.2) is 0 Å². The van der Waals surface area contributed by atoms with Crippen molar-refractivity contribution >= 4 is 21.6 Å². The molecule has 16 heteroatoms. The van der Waals surface area contributed by atoms with Gasteiger partial charge < -0.3 is 35.0 Å². The Balaban J connectivity index is 0.000000948. The van der Waals surface area contributed by atoms with E-state index in [2.05, 4.69) is 58.4 Å². The smallest absolute Gasteiger partial charge is 0.525 e. The monoisotopic (exact) mass is 1170 g/mol. The topological polar surface area (TPSA) is 27.7 Å². The van der Waals surface area contributed by atoms with E-state index in [4.69, 9.17) is 9.47 Å². The Kier molecular flexibility index (Phi) is 19.8. The molecule has 0 radical (unpaired) electrons. The fraction of sp³-hybridized carbons (Fsp3) is 0.743. The van der Waals surface area contributed by atoms with Crippen molar-refractivity contribution in [1.82, 2.24) is 0 Å². The molecule has 1 aromatic rings. The molecule has 0 aliphatic heterocycles. The number of ether oxygens (including phenoxy) is 3. The first-order valence-corrected chi connectivity index (χ1v) is 18.9. The molecule has 2 fully saturated rings. The van der Waals surface area contributed by atoms with Crippen molar-refractivity contribution in [2.75, 3.05) is 25.6 Å². The van der Waals surface area contributed by atoms with Gasteiger partial charge >= 0.3 is 55.2 Å². The number of rotatable bonds is 13. The third kappa shape index (κ3) is 12.1. The number of halogens is 9. The van der Waals surface area contributed by atoms with Gasteiger partial charge in [0, 0.05) is 33.4 Å². The summed E-state index contributed by atoms with van der Waals surface area (Å²) in [6.45, 7) is 16.5. The third-order valence-electron chi connectivity index (χ3n) is 9.77. The number of benzene rings is 1. The van der Waals surface area contributed by atoms with Crippen LogP contribution in [0.2, 0.25) is 0 Å². The van der Waals surface area contributed by atoms with Crippen LogP contribution >= 0.6 is 21.6 Å². The quantitative estimate of drug-likeness (QED) is 0.0849. The Morgan fingerprint density at radius 1 is 0.882 bits per heavy atom. The van der Waals surface area contributed by atoms with Crippen molar-refractivity contribution in [3.8, 4) is 5.75 Å². The van der Waals surface area contributed by atoms with Crippen LogP contribution in [0.5, 0.6) is 5.75 Å². The Morgan fingerprint density at radius 3 is 2.06 bits per heavy atom. The van der Waals surface area contributed by atoms with E-state index in [0.717, 1.165) is 44.3 Å². The molecule has 5 atom stereocenters. The van der Waals surface area contributed by atoms with Gasteiger partial charge in [0.25, 0.3) is 0 Å². The Labute approximate surface area is 343 Å². The molecule has 51 heavy (non-hydrogen) atoms. The number of hydrogen-bond acceptors (Lipinski definition) is 5. The third-order valence-corrected chi connectivity index (χ3v) is 13.0. The van der Waals surface area contributed by atoms with Crippen LogP contribution in [0.25, 0.3) is 0 Å². The summed E-state index contributed by atoms with van der Waals surface area (Å²) in [5.41, 5.74) is -3.89. The Morgan fingerprint density at radius 2 is 1.51 bits per heavy atom. The number of aryl methyl sites for hydroxylation is 1. The van der Waals surface area contributed by atoms with E-state index >= 15 is 0 Å². The van der Waals surface area contributed by atoms with Gasteiger partial charge in [0.1, 0.15) is 5.75 Å². The van der Waals surface area contributed by atoms with E-state index in [1.165, 1.54) is 23.3 Å². The molecular formula is C35H48F9O3S2UW-. The van der Waals surface area contributed by atoms with Crippen molar-refractivity contribution in [1.29, 1.82) is 0 Å². The van der Waals surface area contributed by atoms with E-state index in [0.29, 0.717) is 30.8 Å². The molecule has 0 saturated heterocycles. The van der Waals surface area contributed by atoms with Crippen molar-refractivity contribution in [3.63, 3.8) is 0 Å². The van der Waals surface area contributed by atoms with Gasteiger partial charge in [-0.15, -0.1) is 15.5 Å². The van der Waals surface area contributed by atoms with Crippen LogP contribution in [0.15, 0.2) is 18.2 Å². The second kappa shape index (κ2) is 20.3. The summed E-state index contributed by atoms with van der Waals surface area (Å²) in [6, 6.07) is 6.14. The van der Waals surface area contributed by atoms with E-state index in [1.54, 1.807) is 0 Å². The summed E-state index contributed by atoms with van der Waals surface area (Å²) in [4.78, 5) is 0. The molecule has 292 valence electrons. The predicted octanol–water partition coefficient (Wildman–Crippen LogP) is 11.6. The van der Waals surface area contributed by atoms with Crippen LogP contribution in [-0.4, -0.2) is 60.6 Å². The molecule has 0 bridgehead atoms. The maximum Gasteiger partial charge on any atom is 2.00 e. The van der Waals surface area contributed by atoms with Crippen LogP contribution in [0.4, 0.5) is 39.5 Å². The Bertz CT molecular complexity index is 1160. The predicted molar refractivity (Wildman–Crippen MR) is 177 cm³/mol. The average Bonchev–Trinajstić information content (AvgIpc) is 3.31. The molecule has 0 heterocycles.